The third-order valence-corrected chi connectivity index (χ3v) is 3.54. The summed E-state index contributed by atoms with van der Waals surface area (Å²) in [4.78, 5) is 8.29. The van der Waals surface area contributed by atoms with E-state index in [2.05, 4.69) is 15.3 Å². The normalized spacial score (nSPS) is 10.8. The number of rotatable bonds is 7. The molecule has 0 amide bonds. The lowest BCUT2D eigenvalue weighted by molar-refractivity contribution is 0.130. The molecule has 0 unspecified atom stereocenters. The van der Waals surface area contributed by atoms with Crippen molar-refractivity contribution < 1.29 is 13.9 Å². The lowest BCUT2D eigenvalue weighted by Crippen LogP contribution is -2.11. The highest BCUT2D eigenvalue weighted by Gasteiger charge is 2.04. The number of halogens is 1. The molecule has 0 bridgehead atoms. The molecule has 124 valence electrons. The van der Waals surface area contributed by atoms with Crippen molar-refractivity contribution in [1.29, 1.82) is 0 Å². The van der Waals surface area contributed by atoms with E-state index in [1.807, 2.05) is 24.3 Å². The maximum absolute atomic E-state index is 13.4. The van der Waals surface area contributed by atoms with Crippen LogP contribution < -0.4 is 10.1 Å². The van der Waals surface area contributed by atoms with Gasteiger partial charge in [-0.3, -0.25) is 0 Å². The number of methoxy groups -OCH3 is 1. The minimum absolute atomic E-state index is 0.311. The van der Waals surface area contributed by atoms with E-state index in [-0.39, 0.29) is 5.82 Å². The quantitative estimate of drug-likeness (QED) is 0.674. The van der Waals surface area contributed by atoms with Crippen LogP contribution in [0.4, 0.5) is 10.2 Å². The fourth-order valence-electron chi connectivity index (χ4n) is 2.36. The molecule has 0 atom stereocenters. The number of nitrogens with one attached hydrogen (secondary N) is 1. The minimum atomic E-state index is -0.311. The fraction of sp³-hybridized carbons (Fsp3) is 0.222. The fourth-order valence-corrected chi connectivity index (χ4v) is 2.36. The number of benzene rings is 2. The lowest BCUT2D eigenvalue weighted by atomic mass is 10.2. The third kappa shape index (κ3) is 3.97. The van der Waals surface area contributed by atoms with E-state index in [4.69, 9.17) is 9.47 Å². The van der Waals surface area contributed by atoms with Crippen LogP contribution in [-0.2, 0) is 11.3 Å². The number of hydrogen-bond donors (Lipinski definition) is 1. The van der Waals surface area contributed by atoms with E-state index in [9.17, 15) is 4.39 Å². The van der Waals surface area contributed by atoms with Gasteiger partial charge < -0.3 is 14.8 Å². The number of ether oxygens (including phenoxy) is 2. The van der Waals surface area contributed by atoms with Crippen LogP contribution in [0.5, 0.6) is 5.75 Å². The second kappa shape index (κ2) is 7.70. The first-order valence-electron chi connectivity index (χ1n) is 7.61. The van der Waals surface area contributed by atoms with Crippen LogP contribution in [0, 0.1) is 5.82 Å². The zero-order valence-corrected chi connectivity index (χ0v) is 13.3. The van der Waals surface area contributed by atoms with Crippen LogP contribution in [0.25, 0.3) is 10.9 Å². The largest absolute Gasteiger partial charge is 0.497 e. The number of aromatic nitrogens is 2. The average Bonchev–Trinajstić information content (AvgIpc) is 2.62. The molecule has 0 fully saturated rings. The summed E-state index contributed by atoms with van der Waals surface area (Å²) in [5.41, 5.74) is 1.75. The van der Waals surface area contributed by atoms with Gasteiger partial charge in [0.1, 0.15) is 23.7 Å². The highest BCUT2D eigenvalue weighted by molar-refractivity contribution is 5.88. The Bertz CT molecular complexity index is 826. The van der Waals surface area contributed by atoms with Crippen LogP contribution in [0.2, 0.25) is 0 Å². The van der Waals surface area contributed by atoms with Gasteiger partial charge in [0, 0.05) is 11.9 Å². The van der Waals surface area contributed by atoms with Gasteiger partial charge >= 0.3 is 0 Å². The van der Waals surface area contributed by atoms with E-state index in [0.717, 1.165) is 11.3 Å². The molecule has 1 aromatic heterocycles. The first-order chi connectivity index (χ1) is 11.8. The molecular formula is C18H18FN3O2. The van der Waals surface area contributed by atoms with Gasteiger partial charge in [-0.25, -0.2) is 14.4 Å². The summed E-state index contributed by atoms with van der Waals surface area (Å²) in [6.45, 7) is 1.56. The number of hydrogen-bond acceptors (Lipinski definition) is 5. The zero-order valence-electron chi connectivity index (χ0n) is 13.3. The van der Waals surface area contributed by atoms with E-state index in [0.29, 0.717) is 36.5 Å². The molecule has 0 saturated heterocycles. The van der Waals surface area contributed by atoms with Gasteiger partial charge in [0.2, 0.25) is 0 Å². The predicted molar refractivity (Wildman–Crippen MR) is 90.6 cm³/mol. The van der Waals surface area contributed by atoms with Crippen molar-refractivity contribution in [1.82, 2.24) is 9.97 Å². The highest BCUT2D eigenvalue weighted by atomic mass is 19.1. The van der Waals surface area contributed by atoms with E-state index in [1.165, 1.54) is 18.5 Å². The minimum Gasteiger partial charge on any atom is -0.497 e. The second-order valence-electron chi connectivity index (χ2n) is 5.21. The first kappa shape index (κ1) is 16.1. The average molecular weight is 327 g/mol. The predicted octanol–water partition coefficient (Wildman–Crippen LogP) is 3.41. The molecule has 1 heterocycles. The molecule has 0 saturated carbocycles. The second-order valence-corrected chi connectivity index (χ2v) is 5.21. The third-order valence-electron chi connectivity index (χ3n) is 3.54. The SMILES string of the molecule is COc1cccc(COCCNc2ncnc3ccc(F)cc23)c1. The van der Waals surface area contributed by atoms with E-state index < -0.39 is 0 Å². The first-order valence-corrected chi connectivity index (χ1v) is 7.61. The topological polar surface area (TPSA) is 56.3 Å². The Morgan fingerprint density at radius 2 is 2.04 bits per heavy atom. The zero-order chi connectivity index (χ0) is 16.8. The molecule has 2 aromatic carbocycles. The molecule has 0 radical (unpaired) electrons. The van der Waals surface area contributed by atoms with E-state index in [1.54, 1.807) is 13.2 Å². The van der Waals surface area contributed by atoms with Gasteiger partial charge in [-0.1, -0.05) is 12.1 Å². The summed E-state index contributed by atoms with van der Waals surface area (Å²) in [5.74, 6) is 1.10. The van der Waals surface area contributed by atoms with Crippen molar-refractivity contribution in [3.05, 3.63) is 60.2 Å². The van der Waals surface area contributed by atoms with E-state index >= 15 is 0 Å². The highest BCUT2D eigenvalue weighted by Crippen LogP contribution is 2.19. The maximum Gasteiger partial charge on any atom is 0.137 e. The van der Waals surface area contributed by atoms with Gasteiger partial charge in [-0.05, 0) is 35.9 Å². The van der Waals surface area contributed by atoms with Crippen molar-refractivity contribution in [2.24, 2.45) is 0 Å². The van der Waals surface area contributed by atoms with Crippen molar-refractivity contribution in [3.8, 4) is 5.75 Å². The van der Waals surface area contributed by atoms with Crippen LogP contribution in [0.3, 0.4) is 0 Å². The summed E-state index contributed by atoms with van der Waals surface area (Å²) < 4.78 is 24.2. The van der Waals surface area contributed by atoms with Gasteiger partial charge in [0.15, 0.2) is 0 Å². The summed E-state index contributed by atoms with van der Waals surface area (Å²) >= 11 is 0. The summed E-state index contributed by atoms with van der Waals surface area (Å²) in [5, 5.41) is 3.81. The maximum atomic E-state index is 13.4. The summed E-state index contributed by atoms with van der Waals surface area (Å²) in [7, 11) is 1.64. The molecule has 3 aromatic rings. The monoisotopic (exact) mass is 327 g/mol. The van der Waals surface area contributed by atoms with Crippen LogP contribution in [-0.4, -0.2) is 30.2 Å². The van der Waals surface area contributed by atoms with Gasteiger partial charge in [0.05, 0.1) is 25.8 Å². The number of anilines is 1. The molecule has 6 heteroatoms. The number of nitrogens with zero attached hydrogens (tertiary/aromatic N) is 2. The Labute approximate surface area is 139 Å². The Morgan fingerprint density at radius 1 is 1.12 bits per heavy atom. The van der Waals surface area contributed by atoms with Crippen LogP contribution >= 0.6 is 0 Å². The molecular weight excluding hydrogens is 309 g/mol. The standard InChI is InChI=1S/C18H18FN3O2/c1-23-15-4-2-3-13(9-15)11-24-8-7-20-18-16-10-14(19)5-6-17(16)21-12-22-18/h2-6,9-10,12H,7-8,11H2,1H3,(H,20,21,22). The number of fused-ring (bicyclic) bond motifs is 1. The Kier molecular flexibility index (Phi) is 5.18. The van der Waals surface area contributed by atoms with Crippen molar-refractivity contribution >= 4 is 16.7 Å². The molecule has 3 rings (SSSR count). The van der Waals surface area contributed by atoms with Crippen molar-refractivity contribution in [2.75, 3.05) is 25.6 Å². The molecule has 1 N–H and O–H groups in total. The summed E-state index contributed by atoms with van der Waals surface area (Å²) in [6, 6.07) is 12.2. The summed E-state index contributed by atoms with van der Waals surface area (Å²) in [6.07, 6.45) is 1.46. The van der Waals surface area contributed by atoms with Gasteiger partial charge in [-0.2, -0.15) is 0 Å². The van der Waals surface area contributed by atoms with Crippen molar-refractivity contribution in [3.63, 3.8) is 0 Å². The smallest absolute Gasteiger partial charge is 0.137 e. The molecule has 5 nitrogen and oxygen atoms in total. The molecule has 0 aliphatic heterocycles. The van der Waals surface area contributed by atoms with Crippen LogP contribution in [0.15, 0.2) is 48.8 Å². The molecule has 0 aliphatic rings. The molecule has 0 spiro atoms. The Balaban J connectivity index is 1.52. The Hall–Kier alpha value is -2.73. The van der Waals surface area contributed by atoms with Crippen LogP contribution in [0.1, 0.15) is 5.56 Å². The Morgan fingerprint density at radius 3 is 2.92 bits per heavy atom. The van der Waals surface area contributed by atoms with Gasteiger partial charge in [0.25, 0.3) is 0 Å². The van der Waals surface area contributed by atoms with Crippen molar-refractivity contribution in [2.45, 2.75) is 6.61 Å². The van der Waals surface area contributed by atoms with Gasteiger partial charge in [-0.15, -0.1) is 0 Å². The molecule has 24 heavy (non-hydrogen) atoms. The lowest BCUT2D eigenvalue weighted by Gasteiger charge is -2.09. The molecule has 0 aliphatic carbocycles.